The van der Waals surface area contributed by atoms with E-state index in [1.165, 1.54) is 10.6 Å². The summed E-state index contributed by atoms with van der Waals surface area (Å²) in [5, 5.41) is 9.13. The third-order valence-corrected chi connectivity index (χ3v) is 2.69. The van der Waals surface area contributed by atoms with Gasteiger partial charge < -0.3 is 14.8 Å². The minimum atomic E-state index is -1.05. The van der Waals surface area contributed by atoms with E-state index < -0.39 is 5.97 Å². The van der Waals surface area contributed by atoms with Crippen molar-refractivity contribution in [2.45, 2.75) is 13.5 Å². The number of carbonyl (C=O) groups is 1. The summed E-state index contributed by atoms with van der Waals surface area (Å²) in [6, 6.07) is 4.77. The van der Waals surface area contributed by atoms with Gasteiger partial charge in [-0.15, -0.1) is 0 Å². The van der Waals surface area contributed by atoms with Gasteiger partial charge in [0, 0.05) is 6.61 Å². The normalized spacial score (nSPS) is 10.9. The van der Waals surface area contributed by atoms with Gasteiger partial charge in [-0.25, -0.2) is 9.59 Å². The van der Waals surface area contributed by atoms with Gasteiger partial charge in [-0.2, -0.15) is 0 Å². The summed E-state index contributed by atoms with van der Waals surface area (Å²) in [6.07, 6.45) is 0. The summed E-state index contributed by atoms with van der Waals surface area (Å²) in [6.45, 7) is 3.12. The number of ether oxygens (including phenoxy) is 1. The molecule has 0 saturated heterocycles. The highest BCUT2D eigenvalue weighted by atomic mass is 16.5. The first-order valence-electron chi connectivity index (χ1n) is 5.67. The largest absolute Gasteiger partial charge is 0.478 e. The van der Waals surface area contributed by atoms with Gasteiger partial charge in [0.25, 0.3) is 0 Å². The Morgan fingerprint density at radius 3 is 2.94 bits per heavy atom. The van der Waals surface area contributed by atoms with Crippen LogP contribution in [0.1, 0.15) is 17.3 Å². The molecule has 0 fully saturated rings. The average molecular weight is 250 g/mol. The van der Waals surface area contributed by atoms with Crippen molar-refractivity contribution in [3.05, 3.63) is 34.2 Å². The molecule has 2 N–H and O–H groups in total. The molecule has 1 aromatic heterocycles. The van der Waals surface area contributed by atoms with Gasteiger partial charge in [0.05, 0.1) is 29.7 Å². The smallest absolute Gasteiger partial charge is 0.337 e. The number of aromatic carboxylic acids is 1. The van der Waals surface area contributed by atoms with Crippen LogP contribution in [-0.4, -0.2) is 33.8 Å². The number of carboxylic acids is 1. The van der Waals surface area contributed by atoms with E-state index in [1.54, 1.807) is 12.1 Å². The van der Waals surface area contributed by atoms with E-state index in [2.05, 4.69) is 4.98 Å². The quantitative estimate of drug-likeness (QED) is 0.777. The van der Waals surface area contributed by atoms with Gasteiger partial charge in [-0.1, -0.05) is 6.07 Å². The predicted octanol–water partition coefficient (Wildman–Crippen LogP) is 1.06. The standard InChI is InChI=1S/C12H14N2O4/c1-2-18-7-6-14-10-8(11(15)16)4-3-5-9(10)13-12(14)17/h3-5H,2,6-7H2,1H3,(H,13,17)(H,15,16). The van der Waals surface area contributed by atoms with Crippen molar-refractivity contribution >= 4 is 17.0 Å². The summed E-state index contributed by atoms with van der Waals surface area (Å²) in [4.78, 5) is 25.6. The van der Waals surface area contributed by atoms with E-state index in [9.17, 15) is 9.59 Å². The van der Waals surface area contributed by atoms with Crippen LogP contribution in [0.15, 0.2) is 23.0 Å². The number of nitrogens with one attached hydrogen (secondary N) is 1. The first-order valence-corrected chi connectivity index (χ1v) is 5.67. The van der Waals surface area contributed by atoms with Crippen molar-refractivity contribution in [2.24, 2.45) is 0 Å². The number of aromatic amines is 1. The highest BCUT2D eigenvalue weighted by Gasteiger charge is 2.14. The van der Waals surface area contributed by atoms with Gasteiger partial charge in [-0.3, -0.25) is 4.57 Å². The second-order valence-electron chi connectivity index (χ2n) is 3.79. The molecule has 2 aromatic rings. The van der Waals surface area contributed by atoms with E-state index >= 15 is 0 Å². The van der Waals surface area contributed by atoms with Crippen LogP contribution < -0.4 is 5.69 Å². The molecule has 0 spiro atoms. The van der Waals surface area contributed by atoms with E-state index in [0.29, 0.717) is 30.8 Å². The Kier molecular flexibility index (Phi) is 3.47. The van der Waals surface area contributed by atoms with Gasteiger partial charge in [-0.05, 0) is 19.1 Å². The van der Waals surface area contributed by atoms with Crippen molar-refractivity contribution in [1.82, 2.24) is 9.55 Å². The summed E-state index contributed by atoms with van der Waals surface area (Å²) >= 11 is 0. The van der Waals surface area contributed by atoms with Crippen LogP contribution in [0.2, 0.25) is 0 Å². The molecule has 6 heteroatoms. The molecule has 18 heavy (non-hydrogen) atoms. The molecule has 6 nitrogen and oxygen atoms in total. The van der Waals surface area contributed by atoms with E-state index in [4.69, 9.17) is 9.84 Å². The fraction of sp³-hybridized carbons (Fsp3) is 0.333. The number of imidazole rings is 1. The molecule has 0 aliphatic heterocycles. The molecule has 0 unspecified atom stereocenters. The molecule has 1 heterocycles. The minimum absolute atomic E-state index is 0.113. The Morgan fingerprint density at radius 1 is 1.50 bits per heavy atom. The van der Waals surface area contributed by atoms with Gasteiger partial charge in [0.15, 0.2) is 0 Å². The molecule has 0 amide bonds. The molecule has 0 aliphatic carbocycles. The lowest BCUT2D eigenvalue weighted by Gasteiger charge is -2.05. The molecule has 0 atom stereocenters. The Morgan fingerprint density at radius 2 is 2.28 bits per heavy atom. The summed E-state index contributed by atoms with van der Waals surface area (Å²) in [5.41, 5.74) is 0.729. The molecule has 0 radical (unpaired) electrons. The molecule has 96 valence electrons. The van der Waals surface area contributed by atoms with E-state index in [0.717, 1.165) is 0 Å². The monoisotopic (exact) mass is 250 g/mol. The lowest BCUT2D eigenvalue weighted by Crippen LogP contribution is -2.20. The van der Waals surface area contributed by atoms with Crippen molar-refractivity contribution in [3.8, 4) is 0 Å². The van der Waals surface area contributed by atoms with Crippen LogP contribution in [0.4, 0.5) is 0 Å². The Labute approximate surface area is 103 Å². The zero-order chi connectivity index (χ0) is 13.1. The Bertz CT molecular complexity index is 627. The second kappa shape index (κ2) is 5.05. The zero-order valence-corrected chi connectivity index (χ0v) is 9.97. The molecule has 0 aliphatic rings. The highest BCUT2D eigenvalue weighted by molar-refractivity contribution is 6.01. The number of carboxylic acid groups (broad SMARTS) is 1. The zero-order valence-electron chi connectivity index (χ0n) is 9.97. The van der Waals surface area contributed by atoms with Gasteiger partial charge in [0.1, 0.15) is 0 Å². The van der Waals surface area contributed by atoms with Crippen molar-refractivity contribution in [1.29, 1.82) is 0 Å². The van der Waals surface area contributed by atoms with Crippen molar-refractivity contribution in [3.63, 3.8) is 0 Å². The number of benzene rings is 1. The minimum Gasteiger partial charge on any atom is -0.478 e. The molecular formula is C12H14N2O4. The maximum atomic E-state index is 11.8. The molecular weight excluding hydrogens is 236 g/mol. The summed E-state index contributed by atoms with van der Waals surface area (Å²) in [7, 11) is 0. The van der Waals surface area contributed by atoms with Gasteiger partial charge in [0.2, 0.25) is 0 Å². The summed E-state index contributed by atoms with van der Waals surface area (Å²) < 4.78 is 6.59. The van der Waals surface area contributed by atoms with Crippen LogP contribution in [0.3, 0.4) is 0 Å². The van der Waals surface area contributed by atoms with Gasteiger partial charge >= 0.3 is 11.7 Å². The first kappa shape index (κ1) is 12.4. The van der Waals surface area contributed by atoms with Crippen LogP contribution >= 0.6 is 0 Å². The third-order valence-electron chi connectivity index (χ3n) is 2.69. The molecule has 0 saturated carbocycles. The SMILES string of the molecule is CCOCCn1c(=O)[nH]c2cccc(C(=O)O)c21. The van der Waals surface area contributed by atoms with Crippen LogP contribution in [0, 0.1) is 0 Å². The number of nitrogens with zero attached hydrogens (tertiary/aromatic N) is 1. The number of hydrogen-bond acceptors (Lipinski definition) is 3. The average Bonchev–Trinajstić information content (AvgIpc) is 2.65. The van der Waals surface area contributed by atoms with Crippen LogP contribution in [0.25, 0.3) is 11.0 Å². The Hall–Kier alpha value is -2.08. The fourth-order valence-electron chi connectivity index (χ4n) is 1.91. The lowest BCUT2D eigenvalue weighted by molar-refractivity contribution is 0.0698. The number of H-pyrrole nitrogens is 1. The van der Waals surface area contributed by atoms with Crippen LogP contribution in [0.5, 0.6) is 0 Å². The van der Waals surface area contributed by atoms with E-state index in [-0.39, 0.29) is 11.3 Å². The number of fused-ring (bicyclic) bond motifs is 1. The van der Waals surface area contributed by atoms with Crippen molar-refractivity contribution < 1.29 is 14.6 Å². The highest BCUT2D eigenvalue weighted by Crippen LogP contribution is 2.15. The number of hydrogen-bond donors (Lipinski definition) is 2. The second-order valence-corrected chi connectivity index (χ2v) is 3.79. The topological polar surface area (TPSA) is 84.3 Å². The lowest BCUT2D eigenvalue weighted by atomic mass is 10.2. The maximum Gasteiger partial charge on any atom is 0.337 e. The van der Waals surface area contributed by atoms with Crippen LogP contribution in [-0.2, 0) is 11.3 Å². The first-order chi connectivity index (χ1) is 8.65. The van der Waals surface area contributed by atoms with Crippen molar-refractivity contribution in [2.75, 3.05) is 13.2 Å². The third kappa shape index (κ3) is 2.14. The summed E-state index contributed by atoms with van der Waals surface area (Å²) in [5.74, 6) is -1.05. The fourth-order valence-corrected chi connectivity index (χ4v) is 1.91. The molecule has 1 aromatic carbocycles. The molecule has 0 bridgehead atoms. The maximum absolute atomic E-state index is 11.8. The predicted molar refractivity (Wildman–Crippen MR) is 66.0 cm³/mol. The number of rotatable bonds is 5. The number of aromatic nitrogens is 2. The molecule has 2 rings (SSSR count). The van der Waals surface area contributed by atoms with E-state index in [1.807, 2.05) is 6.92 Å². The number of para-hydroxylation sites is 1. The Balaban J connectivity index is 2.53.